The van der Waals surface area contributed by atoms with E-state index >= 15 is 0 Å². The van der Waals surface area contributed by atoms with Crippen LogP contribution in [-0.4, -0.2) is 22.5 Å². The molecule has 0 spiro atoms. The van der Waals surface area contributed by atoms with Crippen LogP contribution in [0.2, 0.25) is 0 Å². The molecular formula is C14H18N4O. The van der Waals surface area contributed by atoms with E-state index in [1.54, 1.807) is 18.5 Å². The van der Waals surface area contributed by atoms with E-state index in [1.807, 2.05) is 12.1 Å². The van der Waals surface area contributed by atoms with Crippen LogP contribution < -0.4 is 10.6 Å². The molecule has 0 radical (unpaired) electrons. The van der Waals surface area contributed by atoms with Crippen molar-refractivity contribution >= 4 is 22.8 Å². The van der Waals surface area contributed by atoms with E-state index in [1.165, 1.54) is 0 Å². The van der Waals surface area contributed by atoms with Crippen molar-refractivity contribution in [1.82, 2.24) is 15.3 Å². The third-order valence-electron chi connectivity index (χ3n) is 2.51. The van der Waals surface area contributed by atoms with Crippen LogP contribution >= 0.6 is 0 Å². The fourth-order valence-corrected chi connectivity index (χ4v) is 1.56. The van der Waals surface area contributed by atoms with Crippen molar-refractivity contribution in [3.8, 4) is 0 Å². The second-order valence-corrected chi connectivity index (χ2v) is 5.63. The maximum absolute atomic E-state index is 11.7. The van der Waals surface area contributed by atoms with Crippen molar-refractivity contribution in [1.29, 1.82) is 0 Å². The summed E-state index contributed by atoms with van der Waals surface area (Å²) in [6.45, 7) is 6.82. The van der Waals surface area contributed by atoms with Gasteiger partial charge in [0.05, 0.1) is 11.0 Å². The molecule has 0 fully saturated rings. The Bertz CT molecular complexity index is 589. The standard InChI is InChI=1S/C14H18N4O/c1-14(2,3)9-17-13(19)18-10-4-5-11-12(8-10)16-7-6-15-11/h4-8H,9H2,1-3H3,(H2,17,18,19). The number of carbonyl (C=O) groups excluding carboxylic acids is 1. The van der Waals surface area contributed by atoms with Gasteiger partial charge in [0, 0.05) is 24.6 Å². The summed E-state index contributed by atoms with van der Waals surface area (Å²) in [5, 5.41) is 5.62. The van der Waals surface area contributed by atoms with Gasteiger partial charge in [-0.05, 0) is 23.6 Å². The lowest BCUT2D eigenvalue weighted by molar-refractivity contribution is 0.247. The molecule has 2 rings (SSSR count). The minimum atomic E-state index is -0.210. The third kappa shape index (κ3) is 3.91. The molecular weight excluding hydrogens is 240 g/mol. The van der Waals surface area contributed by atoms with Crippen LogP contribution in [0.4, 0.5) is 10.5 Å². The monoisotopic (exact) mass is 258 g/mol. The lowest BCUT2D eigenvalue weighted by atomic mass is 9.97. The fraction of sp³-hybridized carbons (Fsp3) is 0.357. The molecule has 2 amide bonds. The summed E-state index contributed by atoms with van der Waals surface area (Å²) < 4.78 is 0. The minimum absolute atomic E-state index is 0.0617. The van der Waals surface area contributed by atoms with Gasteiger partial charge < -0.3 is 10.6 Å². The highest BCUT2D eigenvalue weighted by atomic mass is 16.2. The fourth-order valence-electron chi connectivity index (χ4n) is 1.56. The van der Waals surface area contributed by atoms with Gasteiger partial charge in [-0.15, -0.1) is 0 Å². The Hall–Kier alpha value is -2.17. The zero-order chi connectivity index (χ0) is 13.9. The number of hydrogen-bond donors (Lipinski definition) is 2. The molecule has 0 aliphatic rings. The number of nitrogens with one attached hydrogen (secondary N) is 2. The van der Waals surface area contributed by atoms with Gasteiger partial charge in [-0.1, -0.05) is 20.8 Å². The number of aromatic nitrogens is 2. The van der Waals surface area contributed by atoms with E-state index in [0.29, 0.717) is 12.2 Å². The number of rotatable bonds is 2. The molecule has 0 atom stereocenters. The second-order valence-electron chi connectivity index (χ2n) is 5.63. The smallest absolute Gasteiger partial charge is 0.319 e. The van der Waals surface area contributed by atoms with Crippen molar-refractivity contribution in [3.05, 3.63) is 30.6 Å². The molecule has 0 bridgehead atoms. The molecule has 5 nitrogen and oxygen atoms in total. The predicted molar refractivity (Wildman–Crippen MR) is 76.0 cm³/mol. The van der Waals surface area contributed by atoms with Gasteiger partial charge in [0.1, 0.15) is 0 Å². The Balaban J connectivity index is 2.03. The summed E-state index contributed by atoms with van der Waals surface area (Å²) >= 11 is 0. The van der Waals surface area contributed by atoms with E-state index < -0.39 is 0 Å². The average molecular weight is 258 g/mol. The van der Waals surface area contributed by atoms with E-state index in [9.17, 15) is 4.79 Å². The molecule has 0 saturated heterocycles. The molecule has 0 saturated carbocycles. The van der Waals surface area contributed by atoms with Gasteiger partial charge in [-0.25, -0.2) is 4.79 Å². The molecule has 19 heavy (non-hydrogen) atoms. The minimum Gasteiger partial charge on any atom is -0.337 e. The van der Waals surface area contributed by atoms with E-state index in [2.05, 4.69) is 41.4 Å². The highest BCUT2D eigenvalue weighted by molar-refractivity contribution is 5.91. The summed E-state index contributed by atoms with van der Waals surface area (Å²) in [6, 6.07) is 5.24. The SMILES string of the molecule is CC(C)(C)CNC(=O)Nc1ccc2nccnc2c1. The summed E-state index contributed by atoms with van der Waals surface area (Å²) in [5.74, 6) is 0. The van der Waals surface area contributed by atoms with Gasteiger partial charge in [-0.3, -0.25) is 9.97 Å². The normalized spacial score (nSPS) is 11.3. The Labute approximate surface area is 112 Å². The zero-order valence-electron chi connectivity index (χ0n) is 11.4. The summed E-state index contributed by atoms with van der Waals surface area (Å²) in [6.07, 6.45) is 3.28. The molecule has 1 aromatic carbocycles. The second kappa shape index (κ2) is 5.22. The molecule has 5 heteroatoms. The van der Waals surface area contributed by atoms with Crippen molar-refractivity contribution < 1.29 is 4.79 Å². The third-order valence-corrected chi connectivity index (χ3v) is 2.51. The van der Waals surface area contributed by atoms with Crippen LogP contribution in [-0.2, 0) is 0 Å². The Morgan fingerprint density at radius 2 is 1.84 bits per heavy atom. The summed E-state index contributed by atoms with van der Waals surface area (Å²) in [7, 11) is 0. The Morgan fingerprint density at radius 3 is 2.53 bits per heavy atom. The van der Waals surface area contributed by atoms with Crippen LogP contribution in [0.15, 0.2) is 30.6 Å². The molecule has 0 unspecified atom stereocenters. The van der Waals surface area contributed by atoms with Crippen molar-refractivity contribution in [2.24, 2.45) is 5.41 Å². The predicted octanol–water partition coefficient (Wildman–Crippen LogP) is 2.80. The summed E-state index contributed by atoms with van der Waals surface area (Å²) in [5.41, 5.74) is 2.34. The van der Waals surface area contributed by atoms with Gasteiger partial charge in [0.15, 0.2) is 0 Å². The molecule has 1 aromatic heterocycles. The van der Waals surface area contributed by atoms with Crippen LogP contribution in [0.25, 0.3) is 11.0 Å². The number of fused-ring (bicyclic) bond motifs is 1. The highest BCUT2D eigenvalue weighted by Crippen LogP contribution is 2.15. The Kier molecular flexibility index (Phi) is 3.64. The number of benzene rings is 1. The number of urea groups is 1. The number of anilines is 1. The van der Waals surface area contributed by atoms with Crippen molar-refractivity contribution in [2.45, 2.75) is 20.8 Å². The first-order valence-corrected chi connectivity index (χ1v) is 6.20. The Morgan fingerprint density at radius 1 is 1.16 bits per heavy atom. The van der Waals surface area contributed by atoms with Crippen molar-refractivity contribution in [3.63, 3.8) is 0 Å². The maximum Gasteiger partial charge on any atom is 0.319 e. The van der Waals surface area contributed by atoms with Gasteiger partial charge in [0.25, 0.3) is 0 Å². The topological polar surface area (TPSA) is 66.9 Å². The van der Waals surface area contributed by atoms with E-state index in [0.717, 1.165) is 11.0 Å². The van der Waals surface area contributed by atoms with Crippen LogP contribution in [0.5, 0.6) is 0 Å². The van der Waals surface area contributed by atoms with Crippen LogP contribution in [0, 0.1) is 5.41 Å². The molecule has 2 N–H and O–H groups in total. The van der Waals surface area contributed by atoms with E-state index in [-0.39, 0.29) is 11.4 Å². The van der Waals surface area contributed by atoms with Gasteiger partial charge in [-0.2, -0.15) is 0 Å². The molecule has 0 aliphatic heterocycles. The van der Waals surface area contributed by atoms with Crippen LogP contribution in [0.1, 0.15) is 20.8 Å². The number of amides is 2. The molecule has 2 aromatic rings. The summed E-state index contributed by atoms with van der Waals surface area (Å²) in [4.78, 5) is 20.1. The number of hydrogen-bond acceptors (Lipinski definition) is 3. The first-order chi connectivity index (χ1) is 8.94. The van der Waals surface area contributed by atoms with Gasteiger partial charge in [0.2, 0.25) is 0 Å². The van der Waals surface area contributed by atoms with Crippen LogP contribution in [0.3, 0.4) is 0 Å². The lowest BCUT2D eigenvalue weighted by Gasteiger charge is -2.18. The first-order valence-electron chi connectivity index (χ1n) is 6.20. The van der Waals surface area contributed by atoms with Gasteiger partial charge >= 0.3 is 6.03 Å². The number of carbonyl (C=O) groups is 1. The quantitative estimate of drug-likeness (QED) is 0.870. The largest absolute Gasteiger partial charge is 0.337 e. The van der Waals surface area contributed by atoms with E-state index in [4.69, 9.17) is 0 Å². The van der Waals surface area contributed by atoms with Crippen molar-refractivity contribution in [2.75, 3.05) is 11.9 Å². The molecule has 1 heterocycles. The maximum atomic E-state index is 11.7. The molecule has 0 aliphatic carbocycles. The lowest BCUT2D eigenvalue weighted by Crippen LogP contribution is -2.35. The number of nitrogens with zero attached hydrogens (tertiary/aromatic N) is 2. The zero-order valence-corrected chi connectivity index (χ0v) is 11.4. The average Bonchev–Trinajstić information content (AvgIpc) is 2.35. The first kappa shape index (κ1) is 13.3. The molecule has 100 valence electrons. The highest BCUT2D eigenvalue weighted by Gasteiger charge is 2.11.